The van der Waals surface area contributed by atoms with Crippen LogP contribution >= 0.6 is 15.9 Å². The fourth-order valence-electron chi connectivity index (χ4n) is 1.30. The monoisotopic (exact) mass is 316 g/mol. The lowest BCUT2D eigenvalue weighted by Gasteiger charge is -2.07. The number of ether oxygens (including phenoxy) is 2. The molecule has 1 aromatic heterocycles. The zero-order chi connectivity index (χ0) is 13.1. The molecule has 0 aliphatic heterocycles. The molecule has 4 nitrogen and oxygen atoms in total. The Morgan fingerprint density at radius 3 is 2.47 bits per heavy atom. The Balaban J connectivity index is 3.00. The third-order valence-corrected chi connectivity index (χ3v) is 2.58. The van der Waals surface area contributed by atoms with Gasteiger partial charge in [-0.25, -0.2) is 4.68 Å². The summed E-state index contributed by atoms with van der Waals surface area (Å²) in [7, 11) is 2.89. The normalized spacial score (nSPS) is 11.9. The minimum Gasteiger partial charge on any atom is -0.475 e. The molecule has 0 bridgehead atoms. The molecule has 1 rings (SSSR count). The Kier molecular flexibility index (Phi) is 4.81. The second-order valence-corrected chi connectivity index (χ2v) is 3.79. The molecule has 0 saturated carbocycles. The SMILES string of the molecule is COCCOc1c(CBr)c(C(F)(F)F)nn1C. The third-order valence-electron chi connectivity index (χ3n) is 2.02. The fourth-order valence-corrected chi connectivity index (χ4v) is 1.81. The lowest BCUT2D eigenvalue weighted by atomic mass is 10.2. The molecule has 0 aromatic carbocycles. The van der Waals surface area contributed by atoms with Crippen LogP contribution in [0.15, 0.2) is 0 Å². The van der Waals surface area contributed by atoms with Crippen LogP contribution in [0.4, 0.5) is 13.2 Å². The number of aryl methyl sites for hydroxylation is 1. The summed E-state index contributed by atoms with van der Waals surface area (Å²) in [5.41, 5.74) is -0.930. The summed E-state index contributed by atoms with van der Waals surface area (Å²) in [6.45, 7) is 0.474. The number of halogens is 4. The lowest BCUT2D eigenvalue weighted by molar-refractivity contribution is -0.141. The summed E-state index contributed by atoms with van der Waals surface area (Å²) in [6.07, 6.45) is -4.48. The van der Waals surface area contributed by atoms with Crippen LogP contribution in [0.1, 0.15) is 11.3 Å². The number of alkyl halides is 4. The van der Waals surface area contributed by atoms with Crippen LogP contribution in [-0.4, -0.2) is 30.1 Å². The van der Waals surface area contributed by atoms with Crippen molar-refractivity contribution in [2.45, 2.75) is 11.5 Å². The Morgan fingerprint density at radius 1 is 1.35 bits per heavy atom. The van der Waals surface area contributed by atoms with Gasteiger partial charge >= 0.3 is 6.18 Å². The van der Waals surface area contributed by atoms with Crippen LogP contribution in [0.5, 0.6) is 5.88 Å². The minimum absolute atomic E-state index is 0.00361. The van der Waals surface area contributed by atoms with Gasteiger partial charge in [0.15, 0.2) is 5.69 Å². The van der Waals surface area contributed by atoms with Gasteiger partial charge in [0, 0.05) is 19.5 Å². The summed E-state index contributed by atoms with van der Waals surface area (Å²) < 4.78 is 49.0. The van der Waals surface area contributed by atoms with E-state index in [4.69, 9.17) is 9.47 Å². The molecule has 98 valence electrons. The van der Waals surface area contributed by atoms with Crippen molar-refractivity contribution in [3.63, 3.8) is 0 Å². The second kappa shape index (κ2) is 5.72. The van der Waals surface area contributed by atoms with Gasteiger partial charge in [0.25, 0.3) is 0 Å². The van der Waals surface area contributed by atoms with Gasteiger partial charge in [-0.2, -0.15) is 18.3 Å². The Hall–Kier alpha value is -0.760. The smallest absolute Gasteiger partial charge is 0.435 e. The maximum absolute atomic E-state index is 12.6. The van der Waals surface area contributed by atoms with E-state index in [1.54, 1.807) is 0 Å². The molecule has 0 unspecified atom stereocenters. The van der Waals surface area contributed by atoms with Gasteiger partial charge in [-0.1, -0.05) is 15.9 Å². The van der Waals surface area contributed by atoms with E-state index < -0.39 is 11.9 Å². The van der Waals surface area contributed by atoms with Crippen LogP contribution in [-0.2, 0) is 23.3 Å². The van der Waals surface area contributed by atoms with E-state index in [-0.39, 0.29) is 23.4 Å². The zero-order valence-electron chi connectivity index (χ0n) is 9.34. The highest BCUT2D eigenvalue weighted by Gasteiger charge is 2.39. The number of nitrogens with zero attached hydrogens (tertiary/aromatic N) is 2. The van der Waals surface area contributed by atoms with E-state index in [0.717, 1.165) is 4.68 Å². The van der Waals surface area contributed by atoms with Crippen LogP contribution < -0.4 is 4.74 Å². The quantitative estimate of drug-likeness (QED) is 0.618. The number of rotatable bonds is 5. The summed E-state index contributed by atoms with van der Waals surface area (Å²) in [6, 6.07) is 0. The molecule has 8 heteroatoms. The highest BCUT2D eigenvalue weighted by atomic mass is 79.9. The molecule has 0 amide bonds. The van der Waals surface area contributed by atoms with Crippen molar-refractivity contribution < 1.29 is 22.6 Å². The first-order valence-electron chi connectivity index (χ1n) is 4.72. The average Bonchev–Trinajstić information content (AvgIpc) is 2.56. The van der Waals surface area contributed by atoms with Gasteiger partial charge in [-0.15, -0.1) is 0 Å². The molecule has 0 atom stereocenters. The first-order valence-corrected chi connectivity index (χ1v) is 5.84. The molecule has 0 fully saturated rings. The molecular weight excluding hydrogens is 305 g/mol. The minimum atomic E-state index is -4.48. The van der Waals surface area contributed by atoms with Crippen LogP contribution in [0.2, 0.25) is 0 Å². The first kappa shape index (κ1) is 14.3. The van der Waals surface area contributed by atoms with Crippen LogP contribution in [0.25, 0.3) is 0 Å². The standard InChI is InChI=1S/C9H12BrF3N2O2/c1-15-8(17-4-3-16-2)6(5-10)7(14-15)9(11,12)13/h3-5H2,1-2H3. The number of hydrogen-bond acceptors (Lipinski definition) is 3. The molecule has 1 aromatic rings. The largest absolute Gasteiger partial charge is 0.475 e. The van der Waals surface area contributed by atoms with E-state index in [0.29, 0.717) is 6.61 Å². The van der Waals surface area contributed by atoms with Crippen molar-refractivity contribution in [2.24, 2.45) is 7.05 Å². The predicted molar refractivity (Wildman–Crippen MR) is 58.2 cm³/mol. The molecular formula is C9H12BrF3N2O2. The van der Waals surface area contributed by atoms with Crippen molar-refractivity contribution in [3.8, 4) is 5.88 Å². The highest BCUT2D eigenvalue weighted by molar-refractivity contribution is 9.08. The van der Waals surface area contributed by atoms with E-state index >= 15 is 0 Å². The molecule has 0 spiro atoms. The van der Waals surface area contributed by atoms with Crippen molar-refractivity contribution in [2.75, 3.05) is 20.3 Å². The molecule has 0 saturated heterocycles. The summed E-state index contributed by atoms with van der Waals surface area (Å²) >= 11 is 3.01. The van der Waals surface area contributed by atoms with Gasteiger partial charge in [0.05, 0.1) is 12.2 Å². The number of hydrogen-bond donors (Lipinski definition) is 0. The Morgan fingerprint density at radius 2 is 2.00 bits per heavy atom. The third kappa shape index (κ3) is 3.35. The second-order valence-electron chi connectivity index (χ2n) is 3.23. The molecule has 17 heavy (non-hydrogen) atoms. The molecule has 0 radical (unpaired) electrons. The van der Waals surface area contributed by atoms with E-state index in [1.165, 1.54) is 14.2 Å². The van der Waals surface area contributed by atoms with Gasteiger partial charge in [0.2, 0.25) is 5.88 Å². The topological polar surface area (TPSA) is 36.3 Å². The zero-order valence-corrected chi connectivity index (χ0v) is 10.9. The summed E-state index contributed by atoms with van der Waals surface area (Å²) in [5.74, 6) is 0.103. The maximum Gasteiger partial charge on any atom is 0.435 e. The van der Waals surface area contributed by atoms with Crippen molar-refractivity contribution in [3.05, 3.63) is 11.3 Å². The lowest BCUT2D eigenvalue weighted by Crippen LogP contribution is -2.09. The summed E-state index contributed by atoms with van der Waals surface area (Å²) in [5, 5.41) is 3.45. The molecule has 0 aliphatic carbocycles. The van der Waals surface area contributed by atoms with Crippen molar-refractivity contribution >= 4 is 15.9 Å². The van der Waals surface area contributed by atoms with E-state index in [9.17, 15) is 13.2 Å². The van der Waals surface area contributed by atoms with Crippen molar-refractivity contribution in [1.29, 1.82) is 0 Å². The Labute approximate surface area is 105 Å². The molecule has 0 N–H and O–H groups in total. The maximum atomic E-state index is 12.6. The van der Waals surface area contributed by atoms with E-state index in [1.807, 2.05) is 0 Å². The van der Waals surface area contributed by atoms with Crippen LogP contribution in [0, 0.1) is 0 Å². The first-order chi connectivity index (χ1) is 7.91. The molecule has 1 heterocycles. The van der Waals surface area contributed by atoms with Gasteiger partial charge < -0.3 is 9.47 Å². The van der Waals surface area contributed by atoms with Crippen LogP contribution in [0.3, 0.4) is 0 Å². The predicted octanol–water partition coefficient (Wildman–Crippen LogP) is 2.36. The summed E-state index contributed by atoms with van der Waals surface area (Å²) in [4.78, 5) is 0. The van der Waals surface area contributed by atoms with Gasteiger partial charge in [-0.3, -0.25) is 0 Å². The van der Waals surface area contributed by atoms with Gasteiger partial charge in [0.1, 0.15) is 6.61 Å². The number of aromatic nitrogens is 2. The highest BCUT2D eigenvalue weighted by Crippen LogP contribution is 2.36. The number of methoxy groups -OCH3 is 1. The Bertz CT molecular complexity index is 379. The van der Waals surface area contributed by atoms with Gasteiger partial charge in [-0.05, 0) is 0 Å². The van der Waals surface area contributed by atoms with Crippen molar-refractivity contribution in [1.82, 2.24) is 9.78 Å². The fraction of sp³-hybridized carbons (Fsp3) is 0.667. The van der Waals surface area contributed by atoms with E-state index in [2.05, 4.69) is 21.0 Å². The average molecular weight is 317 g/mol. The molecule has 0 aliphatic rings.